The summed E-state index contributed by atoms with van der Waals surface area (Å²) >= 11 is 0. The van der Waals surface area contributed by atoms with Gasteiger partial charge in [0.05, 0.1) is 17.9 Å². The second-order valence-corrected chi connectivity index (χ2v) is 6.56. The number of rotatable bonds is 9. The van der Waals surface area contributed by atoms with E-state index in [1.165, 1.54) is 19.2 Å². The molecule has 8 heteroatoms. The molecular formula is C22H23FN2O5. The van der Waals surface area contributed by atoms with E-state index in [2.05, 4.69) is 10.5 Å². The number of methoxy groups -OCH3 is 1. The van der Waals surface area contributed by atoms with Gasteiger partial charge in [-0.25, -0.2) is 4.39 Å². The highest BCUT2D eigenvalue weighted by molar-refractivity contribution is 6.04. The number of nitrogens with zero attached hydrogens (tertiary/aromatic N) is 1. The number of hydrogen-bond acceptors (Lipinski definition) is 6. The number of hydrogen-bond donors (Lipinski definition) is 1. The normalized spacial score (nSPS) is 10.7. The van der Waals surface area contributed by atoms with Crippen molar-refractivity contribution in [1.82, 2.24) is 5.16 Å². The fourth-order valence-electron chi connectivity index (χ4n) is 2.70. The number of nitrogens with one attached hydrogen (secondary N) is 1. The third-order valence-electron chi connectivity index (χ3n) is 4.42. The lowest BCUT2D eigenvalue weighted by atomic mass is 10.2. The zero-order chi connectivity index (χ0) is 21.5. The summed E-state index contributed by atoms with van der Waals surface area (Å²) in [6.07, 6.45) is 0. The molecule has 0 fully saturated rings. The first-order valence-corrected chi connectivity index (χ1v) is 9.35. The van der Waals surface area contributed by atoms with Crippen molar-refractivity contribution in [2.45, 2.75) is 20.5 Å². The van der Waals surface area contributed by atoms with Gasteiger partial charge in [0.2, 0.25) is 0 Å². The molecule has 30 heavy (non-hydrogen) atoms. The van der Waals surface area contributed by atoms with Crippen LogP contribution in [0.3, 0.4) is 0 Å². The van der Waals surface area contributed by atoms with Crippen LogP contribution in [0.15, 0.2) is 47.0 Å². The smallest absolute Gasteiger partial charge is 0.255 e. The zero-order valence-corrected chi connectivity index (χ0v) is 17.0. The van der Waals surface area contributed by atoms with Gasteiger partial charge in [-0.05, 0) is 50.2 Å². The summed E-state index contributed by atoms with van der Waals surface area (Å²) in [7, 11) is 1.54. The van der Waals surface area contributed by atoms with Crippen molar-refractivity contribution in [2.24, 2.45) is 0 Å². The molecule has 3 aromatic rings. The molecule has 2 aromatic carbocycles. The molecule has 7 nitrogen and oxygen atoms in total. The highest BCUT2D eigenvalue weighted by Gasteiger charge is 2.11. The summed E-state index contributed by atoms with van der Waals surface area (Å²) in [5.74, 6) is 0.498. The van der Waals surface area contributed by atoms with Crippen LogP contribution < -0.4 is 14.8 Å². The third-order valence-corrected chi connectivity index (χ3v) is 4.42. The first kappa shape index (κ1) is 21.3. The number of amides is 1. The minimum Gasteiger partial charge on any atom is -0.489 e. The van der Waals surface area contributed by atoms with E-state index in [1.807, 2.05) is 13.8 Å². The standard InChI is InChI=1S/C22H23FN2O5/c1-14-19(15(2)30-25-14)13-29-18-7-4-16(5-8-18)22(26)24-17-6-9-21(20(23)12-17)28-11-10-27-3/h4-9,12H,10-11,13H2,1-3H3,(H,24,26). The Kier molecular flexibility index (Phi) is 7.03. The fraction of sp³-hybridized carbons (Fsp3) is 0.273. The van der Waals surface area contributed by atoms with Gasteiger partial charge in [0, 0.05) is 24.4 Å². The first-order chi connectivity index (χ1) is 14.5. The summed E-state index contributed by atoms with van der Waals surface area (Å²) < 4.78 is 35.1. The van der Waals surface area contributed by atoms with Crippen LogP contribution >= 0.6 is 0 Å². The third kappa shape index (κ3) is 5.36. The van der Waals surface area contributed by atoms with E-state index in [1.54, 1.807) is 30.3 Å². The zero-order valence-electron chi connectivity index (χ0n) is 17.0. The van der Waals surface area contributed by atoms with Gasteiger partial charge >= 0.3 is 0 Å². The predicted molar refractivity (Wildman–Crippen MR) is 108 cm³/mol. The van der Waals surface area contributed by atoms with Crippen LogP contribution in [0.1, 0.15) is 27.4 Å². The molecule has 1 aromatic heterocycles. The highest BCUT2D eigenvalue weighted by atomic mass is 19.1. The van der Waals surface area contributed by atoms with Crippen molar-refractivity contribution in [2.75, 3.05) is 25.6 Å². The number of ether oxygens (including phenoxy) is 3. The molecule has 0 radical (unpaired) electrons. The molecule has 1 heterocycles. The Hall–Kier alpha value is -3.39. The molecule has 0 saturated carbocycles. The quantitative estimate of drug-likeness (QED) is 0.526. The summed E-state index contributed by atoms with van der Waals surface area (Å²) in [6, 6.07) is 10.9. The average molecular weight is 414 g/mol. The van der Waals surface area contributed by atoms with Crippen molar-refractivity contribution >= 4 is 11.6 Å². The second-order valence-electron chi connectivity index (χ2n) is 6.56. The molecule has 0 aliphatic heterocycles. The summed E-state index contributed by atoms with van der Waals surface area (Å²) in [4.78, 5) is 12.4. The molecule has 0 saturated heterocycles. The summed E-state index contributed by atoms with van der Waals surface area (Å²) in [5, 5.41) is 6.55. The van der Waals surface area contributed by atoms with Crippen molar-refractivity contribution < 1.29 is 27.9 Å². The number of aryl methyl sites for hydroxylation is 2. The number of carbonyl (C=O) groups is 1. The Bertz CT molecular complexity index is 982. The van der Waals surface area contributed by atoms with Crippen LogP contribution in [0.4, 0.5) is 10.1 Å². The Labute approximate surface area is 173 Å². The second kappa shape index (κ2) is 9.89. The molecule has 0 aliphatic rings. The van der Waals surface area contributed by atoms with E-state index in [9.17, 15) is 9.18 Å². The van der Waals surface area contributed by atoms with E-state index < -0.39 is 5.82 Å². The van der Waals surface area contributed by atoms with Gasteiger partial charge in [-0.3, -0.25) is 4.79 Å². The minimum atomic E-state index is -0.563. The van der Waals surface area contributed by atoms with Crippen LogP contribution in [-0.4, -0.2) is 31.4 Å². The maximum absolute atomic E-state index is 14.1. The fourth-order valence-corrected chi connectivity index (χ4v) is 2.70. The van der Waals surface area contributed by atoms with Crippen LogP contribution in [0.25, 0.3) is 0 Å². The van der Waals surface area contributed by atoms with Crippen LogP contribution in [0, 0.1) is 19.7 Å². The molecule has 0 spiro atoms. The number of anilines is 1. The maximum Gasteiger partial charge on any atom is 0.255 e. The lowest BCUT2D eigenvalue weighted by Crippen LogP contribution is -2.12. The topological polar surface area (TPSA) is 82.8 Å². The Morgan fingerprint density at radius 1 is 1.10 bits per heavy atom. The van der Waals surface area contributed by atoms with Crippen molar-refractivity contribution in [3.8, 4) is 11.5 Å². The van der Waals surface area contributed by atoms with Gasteiger partial charge in [0.25, 0.3) is 5.91 Å². The number of carbonyl (C=O) groups excluding carboxylic acids is 1. The van der Waals surface area contributed by atoms with Crippen LogP contribution in [0.5, 0.6) is 11.5 Å². The molecule has 0 bridgehead atoms. The van der Waals surface area contributed by atoms with E-state index in [0.29, 0.717) is 36.0 Å². The lowest BCUT2D eigenvalue weighted by molar-refractivity contribution is 0.102. The largest absolute Gasteiger partial charge is 0.489 e. The average Bonchev–Trinajstić information content (AvgIpc) is 3.06. The van der Waals surface area contributed by atoms with Gasteiger partial charge in [0.15, 0.2) is 11.6 Å². The van der Waals surface area contributed by atoms with Crippen molar-refractivity contribution in [3.05, 3.63) is 70.9 Å². The Balaban J connectivity index is 1.57. The molecular weight excluding hydrogens is 391 g/mol. The molecule has 1 amide bonds. The van der Waals surface area contributed by atoms with E-state index >= 15 is 0 Å². The van der Waals surface area contributed by atoms with Crippen LogP contribution in [0.2, 0.25) is 0 Å². The molecule has 0 atom stereocenters. The highest BCUT2D eigenvalue weighted by Crippen LogP contribution is 2.22. The van der Waals surface area contributed by atoms with Crippen LogP contribution in [-0.2, 0) is 11.3 Å². The number of aromatic nitrogens is 1. The van der Waals surface area contributed by atoms with Gasteiger partial charge in [-0.2, -0.15) is 0 Å². The maximum atomic E-state index is 14.1. The Morgan fingerprint density at radius 3 is 2.50 bits per heavy atom. The molecule has 0 unspecified atom stereocenters. The molecule has 1 N–H and O–H groups in total. The van der Waals surface area contributed by atoms with Gasteiger partial charge in [-0.15, -0.1) is 0 Å². The summed E-state index contributed by atoms with van der Waals surface area (Å²) in [6.45, 7) is 4.60. The lowest BCUT2D eigenvalue weighted by Gasteiger charge is -2.10. The van der Waals surface area contributed by atoms with E-state index in [0.717, 1.165) is 11.3 Å². The number of benzene rings is 2. The first-order valence-electron chi connectivity index (χ1n) is 9.35. The van der Waals surface area contributed by atoms with Gasteiger partial charge < -0.3 is 24.1 Å². The number of halogens is 1. The van der Waals surface area contributed by atoms with Crippen molar-refractivity contribution in [3.63, 3.8) is 0 Å². The van der Waals surface area contributed by atoms with Gasteiger partial charge in [-0.1, -0.05) is 5.16 Å². The van der Waals surface area contributed by atoms with Crippen molar-refractivity contribution in [1.29, 1.82) is 0 Å². The predicted octanol–water partition coefficient (Wildman–Crippen LogP) is 4.29. The Morgan fingerprint density at radius 2 is 1.87 bits per heavy atom. The molecule has 158 valence electrons. The SMILES string of the molecule is COCCOc1ccc(NC(=O)c2ccc(OCc3c(C)noc3C)cc2)cc1F. The summed E-state index contributed by atoms with van der Waals surface area (Å²) in [5.41, 5.74) is 2.43. The van der Waals surface area contributed by atoms with E-state index in [-0.39, 0.29) is 18.3 Å². The molecule has 0 aliphatic carbocycles. The van der Waals surface area contributed by atoms with Gasteiger partial charge in [0.1, 0.15) is 24.7 Å². The minimum absolute atomic E-state index is 0.102. The monoisotopic (exact) mass is 414 g/mol. The van der Waals surface area contributed by atoms with E-state index in [4.69, 9.17) is 18.7 Å². The molecule has 3 rings (SSSR count).